The predicted molar refractivity (Wildman–Crippen MR) is 89.1 cm³/mol. The van der Waals surface area contributed by atoms with Gasteiger partial charge in [-0.3, -0.25) is 9.59 Å². The highest BCUT2D eigenvalue weighted by atomic mass is 16.5. The van der Waals surface area contributed by atoms with Gasteiger partial charge >= 0.3 is 0 Å². The van der Waals surface area contributed by atoms with Crippen LogP contribution in [0, 0.1) is 5.92 Å². The van der Waals surface area contributed by atoms with Gasteiger partial charge < -0.3 is 4.74 Å². The van der Waals surface area contributed by atoms with E-state index in [1.54, 1.807) is 18.2 Å². The van der Waals surface area contributed by atoms with E-state index < -0.39 is 6.10 Å². The molecule has 0 heterocycles. The van der Waals surface area contributed by atoms with Crippen LogP contribution in [0.4, 0.5) is 0 Å². The van der Waals surface area contributed by atoms with Crippen molar-refractivity contribution in [2.24, 2.45) is 5.92 Å². The molecule has 3 nitrogen and oxygen atoms in total. The van der Waals surface area contributed by atoms with Gasteiger partial charge in [0.1, 0.15) is 6.10 Å². The van der Waals surface area contributed by atoms with Crippen molar-refractivity contribution in [3.05, 3.63) is 77.9 Å². The first-order chi connectivity index (χ1) is 11.2. The molecule has 0 amide bonds. The minimum Gasteiger partial charge on any atom is -0.373 e. The molecule has 3 rings (SSSR count). The van der Waals surface area contributed by atoms with Gasteiger partial charge in [0.25, 0.3) is 0 Å². The highest BCUT2D eigenvalue weighted by Gasteiger charge is 2.38. The van der Waals surface area contributed by atoms with E-state index in [1.165, 1.54) is 7.11 Å². The van der Waals surface area contributed by atoms with Crippen LogP contribution in [0.25, 0.3) is 5.57 Å². The van der Waals surface area contributed by atoms with Crippen molar-refractivity contribution >= 4 is 17.1 Å². The Morgan fingerprint density at radius 2 is 1.61 bits per heavy atom. The van der Waals surface area contributed by atoms with Crippen molar-refractivity contribution in [1.29, 1.82) is 0 Å². The average Bonchev–Trinajstić information content (AvgIpc) is 2.92. The number of rotatable bonds is 5. The lowest BCUT2D eigenvalue weighted by molar-refractivity contribution is -0.124. The number of benzene rings is 2. The number of hydrogen-bond donors (Lipinski definition) is 0. The monoisotopic (exact) mass is 306 g/mol. The van der Waals surface area contributed by atoms with Crippen molar-refractivity contribution in [1.82, 2.24) is 0 Å². The summed E-state index contributed by atoms with van der Waals surface area (Å²) in [5, 5.41) is 0. The van der Waals surface area contributed by atoms with E-state index >= 15 is 0 Å². The van der Waals surface area contributed by atoms with Crippen LogP contribution in [-0.2, 0) is 9.53 Å². The average molecular weight is 306 g/mol. The third-order valence-corrected chi connectivity index (χ3v) is 4.21. The summed E-state index contributed by atoms with van der Waals surface area (Å²) in [4.78, 5) is 24.8. The molecule has 1 aliphatic rings. The van der Waals surface area contributed by atoms with Crippen molar-refractivity contribution in [2.75, 3.05) is 7.11 Å². The third-order valence-electron chi connectivity index (χ3n) is 4.21. The number of Topliss-reactive ketones (excluding diaryl/α,β-unsaturated/α-hetero) is 1. The van der Waals surface area contributed by atoms with E-state index in [2.05, 4.69) is 0 Å². The topological polar surface area (TPSA) is 43.4 Å². The van der Waals surface area contributed by atoms with Gasteiger partial charge in [-0.2, -0.15) is 0 Å². The molecule has 0 aromatic heterocycles. The molecule has 3 heteroatoms. The molecule has 2 aromatic rings. The molecule has 0 aliphatic heterocycles. The van der Waals surface area contributed by atoms with Gasteiger partial charge in [-0.05, 0) is 17.2 Å². The minimum absolute atomic E-state index is 0.0224. The molecule has 0 spiro atoms. The first-order valence-electron chi connectivity index (χ1n) is 7.62. The van der Waals surface area contributed by atoms with Crippen LogP contribution in [-0.4, -0.2) is 24.8 Å². The van der Waals surface area contributed by atoms with Crippen LogP contribution in [0.15, 0.2) is 66.7 Å². The van der Waals surface area contributed by atoms with Gasteiger partial charge in [0, 0.05) is 25.0 Å². The molecule has 2 aromatic carbocycles. The number of methoxy groups -OCH3 is 1. The van der Waals surface area contributed by atoms with Gasteiger partial charge in [-0.1, -0.05) is 60.7 Å². The lowest BCUT2D eigenvalue weighted by atomic mass is 9.87. The van der Waals surface area contributed by atoms with Crippen molar-refractivity contribution in [3.8, 4) is 0 Å². The van der Waals surface area contributed by atoms with E-state index in [0.717, 1.165) is 11.1 Å². The van der Waals surface area contributed by atoms with Crippen LogP contribution in [0.1, 0.15) is 22.3 Å². The number of hydrogen-bond acceptors (Lipinski definition) is 3. The van der Waals surface area contributed by atoms with Gasteiger partial charge in [-0.25, -0.2) is 0 Å². The summed E-state index contributed by atoms with van der Waals surface area (Å²) in [5.41, 5.74) is 2.51. The second-order valence-corrected chi connectivity index (χ2v) is 5.62. The molecule has 116 valence electrons. The first kappa shape index (κ1) is 15.4. The van der Waals surface area contributed by atoms with Crippen LogP contribution < -0.4 is 0 Å². The molecular formula is C20H18O3. The normalized spacial score (nSPS) is 20.4. The summed E-state index contributed by atoms with van der Waals surface area (Å²) in [6.07, 6.45) is 1.29. The van der Waals surface area contributed by atoms with Crippen LogP contribution in [0.3, 0.4) is 0 Å². The summed E-state index contributed by atoms with van der Waals surface area (Å²) >= 11 is 0. The zero-order valence-corrected chi connectivity index (χ0v) is 12.9. The van der Waals surface area contributed by atoms with Crippen molar-refractivity contribution < 1.29 is 14.3 Å². The van der Waals surface area contributed by atoms with Crippen molar-refractivity contribution in [3.63, 3.8) is 0 Å². The quantitative estimate of drug-likeness (QED) is 0.793. The van der Waals surface area contributed by atoms with Crippen molar-refractivity contribution in [2.45, 2.75) is 12.5 Å². The van der Waals surface area contributed by atoms with Crippen LogP contribution in [0.5, 0.6) is 0 Å². The fourth-order valence-electron chi connectivity index (χ4n) is 3.07. The molecule has 0 unspecified atom stereocenters. The SMILES string of the molecule is CO[C@H]1C(=O)C=C(c2ccccc2)[C@@H]1CC(=O)c1ccccc1. The zero-order chi connectivity index (χ0) is 16.2. The summed E-state index contributed by atoms with van der Waals surface area (Å²) in [7, 11) is 1.52. The molecule has 2 atom stereocenters. The Bertz CT molecular complexity index is 732. The number of carbonyl (C=O) groups excluding carboxylic acids is 2. The molecule has 23 heavy (non-hydrogen) atoms. The summed E-state index contributed by atoms with van der Waals surface area (Å²) in [6, 6.07) is 18.9. The highest BCUT2D eigenvalue weighted by Crippen LogP contribution is 2.36. The van der Waals surface area contributed by atoms with E-state index in [0.29, 0.717) is 5.56 Å². The van der Waals surface area contributed by atoms with Gasteiger partial charge in [0.05, 0.1) is 0 Å². The van der Waals surface area contributed by atoms with Crippen LogP contribution >= 0.6 is 0 Å². The predicted octanol–water partition coefficient (Wildman–Crippen LogP) is 3.56. The zero-order valence-electron chi connectivity index (χ0n) is 12.9. The lowest BCUT2D eigenvalue weighted by Gasteiger charge is -2.20. The molecular weight excluding hydrogens is 288 g/mol. The Labute approximate surface area is 135 Å². The number of ether oxygens (including phenoxy) is 1. The summed E-state index contributed by atoms with van der Waals surface area (Å²) in [5.74, 6) is -0.297. The minimum atomic E-state index is -0.585. The Morgan fingerprint density at radius 3 is 2.22 bits per heavy atom. The molecule has 0 saturated heterocycles. The first-order valence-corrected chi connectivity index (χ1v) is 7.62. The van der Waals surface area contributed by atoms with E-state index in [9.17, 15) is 9.59 Å². The molecule has 0 bridgehead atoms. The Balaban J connectivity index is 1.89. The smallest absolute Gasteiger partial charge is 0.185 e. The van der Waals surface area contributed by atoms with E-state index in [4.69, 9.17) is 4.74 Å². The number of ketones is 2. The molecule has 0 saturated carbocycles. The largest absolute Gasteiger partial charge is 0.373 e. The highest BCUT2D eigenvalue weighted by molar-refractivity contribution is 6.08. The summed E-state index contributed by atoms with van der Waals surface area (Å²) < 4.78 is 5.37. The molecule has 0 N–H and O–H groups in total. The van der Waals surface area contributed by atoms with Gasteiger partial charge in [0.2, 0.25) is 0 Å². The number of carbonyl (C=O) groups is 2. The van der Waals surface area contributed by atoms with Gasteiger partial charge in [-0.15, -0.1) is 0 Å². The third kappa shape index (κ3) is 3.15. The standard InChI is InChI=1S/C20H18O3/c1-23-20-17(13-18(21)15-10-6-3-7-11-15)16(12-19(20)22)14-8-4-2-5-9-14/h2-12,17,20H,13H2,1H3/t17-,20+/m0/s1. The van der Waals surface area contributed by atoms with Gasteiger partial charge in [0.15, 0.2) is 11.6 Å². The molecule has 0 radical (unpaired) electrons. The maximum Gasteiger partial charge on any atom is 0.185 e. The maximum atomic E-state index is 12.6. The lowest BCUT2D eigenvalue weighted by Crippen LogP contribution is -2.27. The second-order valence-electron chi connectivity index (χ2n) is 5.62. The fourth-order valence-corrected chi connectivity index (χ4v) is 3.07. The Hall–Kier alpha value is -2.52. The summed E-state index contributed by atoms with van der Waals surface area (Å²) in [6.45, 7) is 0. The second kappa shape index (κ2) is 6.71. The van der Waals surface area contributed by atoms with E-state index in [1.807, 2.05) is 48.5 Å². The van der Waals surface area contributed by atoms with Crippen LogP contribution in [0.2, 0.25) is 0 Å². The molecule has 0 fully saturated rings. The Kier molecular flexibility index (Phi) is 4.49. The Morgan fingerprint density at radius 1 is 1.00 bits per heavy atom. The maximum absolute atomic E-state index is 12.6. The fraction of sp³-hybridized carbons (Fsp3) is 0.200. The van der Waals surface area contributed by atoms with E-state index in [-0.39, 0.29) is 23.9 Å². The molecule has 1 aliphatic carbocycles.